The molecule has 5 aromatic carbocycles. The van der Waals surface area contributed by atoms with Crippen molar-refractivity contribution in [1.29, 1.82) is 26.3 Å². The van der Waals surface area contributed by atoms with Crippen LogP contribution in [0.4, 0.5) is 0 Å². The van der Waals surface area contributed by atoms with Crippen molar-refractivity contribution >= 4 is 43.1 Å². The van der Waals surface area contributed by atoms with E-state index in [0.29, 0.717) is 16.2 Å². The molecule has 0 aliphatic carbocycles. The fraction of sp³-hybridized carbons (Fsp3) is 0. The van der Waals surface area contributed by atoms with Crippen LogP contribution in [-0.4, -0.2) is 0 Å². The molecular formula is C27H9N5. The molecule has 0 aliphatic rings. The molecule has 0 fully saturated rings. The average Bonchev–Trinajstić information content (AvgIpc) is 2.85. The van der Waals surface area contributed by atoms with Crippen molar-refractivity contribution < 1.29 is 0 Å². The van der Waals surface area contributed by atoms with Gasteiger partial charge in [0.05, 0.1) is 27.8 Å². The lowest BCUT2D eigenvalue weighted by molar-refractivity contribution is 1.42. The van der Waals surface area contributed by atoms with Gasteiger partial charge in [0.15, 0.2) is 0 Å². The summed E-state index contributed by atoms with van der Waals surface area (Å²) in [6.07, 6.45) is 0. The lowest BCUT2D eigenvalue weighted by Crippen LogP contribution is -1.96. The number of fused-ring (bicyclic) bond motifs is 7. The van der Waals surface area contributed by atoms with Crippen molar-refractivity contribution in [2.45, 2.75) is 0 Å². The van der Waals surface area contributed by atoms with Gasteiger partial charge >= 0.3 is 0 Å². The minimum Gasteiger partial charge on any atom is -0.192 e. The van der Waals surface area contributed by atoms with E-state index < -0.39 is 0 Å². The van der Waals surface area contributed by atoms with Gasteiger partial charge in [-0.1, -0.05) is 24.3 Å². The van der Waals surface area contributed by atoms with Gasteiger partial charge in [-0.25, -0.2) is 0 Å². The summed E-state index contributed by atoms with van der Waals surface area (Å²) >= 11 is 0. The Kier molecular flexibility index (Phi) is 3.97. The topological polar surface area (TPSA) is 119 Å². The van der Waals surface area contributed by atoms with Crippen LogP contribution in [0.25, 0.3) is 43.1 Å². The molecule has 0 atom stereocenters. The predicted molar refractivity (Wildman–Crippen MR) is 120 cm³/mol. The van der Waals surface area contributed by atoms with Crippen LogP contribution in [0.5, 0.6) is 0 Å². The standard InChI is InChI=1S/C27H9N5/c28-10-17-7-20-21-5-15-3-1-2-4-16(15)6-23(21)27-24(22(20)8-18(17)11-29)9-19(12-30)25(13-31)26(27)14-32/h1-9H. The van der Waals surface area contributed by atoms with Gasteiger partial charge in [-0.3, -0.25) is 0 Å². The summed E-state index contributed by atoms with van der Waals surface area (Å²) in [5.41, 5.74) is 0.726. The van der Waals surface area contributed by atoms with Gasteiger partial charge in [-0.05, 0) is 68.0 Å². The number of rotatable bonds is 0. The molecule has 5 aromatic rings. The Morgan fingerprint density at radius 1 is 0.438 bits per heavy atom. The first-order valence-corrected chi connectivity index (χ1v) is 9.58. The molecule has 0 amide bonds. The first-order valence-electron chi connectivity index (χ1n) is 9.58. The highest BCUT2D eigenvalue weighted by Crippen LogP contribution is 2.41. The second kappa shape index (κ2) is 6.83. The molecule has 0 saturated heterocycles. The molecule has 32 heavy (non-hydrogen) atoms. The van der Waals surface area contributed by atoms with Crippen LogP contribution in [0.1, 0.15) is 27.8 Å². The summed E-state index contributed by atoms with van der Waals surface area (Å²) in [4.78, 5) is 0. The highest BCUT2D eigenvalue weighted by atomic mass is 14.3. The van der Waals surface area contributed by atoms with E-state index in [1.54, 1.807) is 18.2 Å². The van der Waals surface area contributed by atoms with E-state index in [0.717, 1.165) is 26.9 Å². The molecule has 0 bridgehead atoms. The van der Waals surface area contributed by atoms with Gasteiger partial charge < -0.3 is 0 Å². The third kappa shape index (κ3) is 2.39. The summed E-state index contributed by atoms with van der Waals surface area (Å²) in [5.74, 6) is 0. The van der Waals surface area contributed by atoms with Crippen molar-refractivity contribution in [3.05, 3.63) is 82.4 Å². The molecule has 142 valence electrons. The smallest absolute Gasteiger partial charge is 0.102 e. The average molecular weight is 403 g/mol. The van der Waals surface area contributed by atoms with Gasteiger partial charge in [-0.15, -0.1) is 0 Å². The normalized spacial score (nSPS) is 10.3. The van der Waals surface area contributed by atoms with Crippen molar-refractivity contribution in [2.75, 3.05) is 0 Å². The number of hydrogen-bond acceptors (Lipinski definition) is 5. The number of nitrogens with zero attached hydrogens (tertiary/aromatic N) is 5. The van der Waals surface area contributed by atoms with Gasteiger partial charge in [0.25, 0.3) is 0 Å². The number of nitriles is 5. The van der Waals surface area contributed by atoms with Gasteiger partial charge in [0.2, 0.25) is 0 Å². The highest BCUT2D eigenvalue weighted by Gasteiger charge is 2.20. The van der Waals surface area contributed by atoms with E-state index in [9.17, 15) is 26.3 Å². The summed E-state index contributed by atoms with van der Waals surface area (Å²) in [6, 6.07) is 26.9. The highest BCUT2D eigenvalue weighted by molar-refractivity contribution is 6.29. The molecule has 5 rings (SSSR count). The van der Waals surface area contributed by atoms with Crippen molar-refractivity contribution in [1.82, 2.24) is 0 Å². The maximum Gasteiger partial charge on any atom is 0.102 e. The second-order valence-corrected chi connectivity index (χ2v) is 7.34. The zero-order chi connectivity index (χ0) is 22.4. The summed E-state index contributed by atoms with van der Waals surface area (Å²) < 4.78 is 0. The molecule has 0 spiro atoms. The zero-order valence-electron chi connectivity index (χ0n) is 16.4. The lowest BCUT2D eigenvalue weighted by Gasteiger charge is -2.15. The first kappa shape index (κ1) is 18.6. The Morgan fingerprint density at radius 2 is 0.875 bits per heavy atom. The lowest BCUT2D eigenvalue weighted by atomic mass is 9.86. The molecule has 0 aliphatic heterocycles. The molecular weight excluding hydrogens is 394 g/mol. The molecule has 0 radical (unpaired) electrons. The Hall–Kier alpha value is -5.41. The SMILES string of the molecule is N#Cc1cc2c(cc1C#N)c1cc(C#N)c(C#N)c(C#N)c1c1cc3ccccc3cc21. The zero-order valence-corrected chi connectivity index (χ0v) is 16.4. The molecule has 0 N–H and O–H groups in total. The van der Waals surface area contributed by atoms with E-state index in [4.69, 9.17) is 0 Å². The van der Waals surface area contributed by atoms with Crippen LogP contribution in [0.15, 0.2) is 54.6 Å². The fourth-order valence-electron chi connectivity index (χ4n) is 4.39. The van der Waals surface area contributed by atoms with Crippen molar-refractivity contribution in [3.63, 3.8) is 0 Å². The van der Waals surface area contributed by atoms with E-state index in [-0.39, 0.29) is 27.8 Å². The summed E-state index contributed by atoms with van der Waals surface area (Å²) in [6.45, 7) is 0. The maximum absolute atomic E-state index is 9.99. The Morgan fingerprint density at radius 3 is 1.41 bits per heavy atom. The third-order valence-corrected chi connectivity index (χ3v) is 5.81. The minimum atomic E-state index is 0.0328. The van der Waals surface area contributed by atoms with Crippen LogP contribution in [0.2, 0.25) is 0 Å². The Labute approximate surface area is 182 Å². The monoisotopic (exact) mass is 403 g/mol. The van der Waals surface area contributed by atoms with Crippen LogP contribution in [0, 0.1) is 56.7 Å². The quantitative estimate of drug-likeness (QED) is 0.244. The fourth-order valence-corrected chi connectivity index (χ4v) is 4.39. The molecule has 0 saturated carbocycles. The molecule has 0 heterocycles. The van der Waals surface area contributed by atoms with Gasteiger partial charge in [0, 0.05) is 5.39 Å². The van der Waals surface area contributed by atoms with Crippen LogP contribution in [-0.2, 0) is 0 Å². The molecule has 5 nitrogen and oxygen atoms in total. The van der Waals surface area contributed by atoms with Crippen molar-refractivity contribution in [3.8, 4) is 30.3 Å². The summed E-state index contributed by atoms with van der Waals surface area (Å²) in [7, 11) is 0. The van der Waals surface area contributed by atoms with E-state index in [1.165, 1.54) is 0 Å². The second-order valence-electron chi connectivity index (χ2n) is 7.34. The number of benzene rings is 5. The molecule has 5 heteroatoms. The number of hydrogen-bond donors (Lipinski definition) is 0. The molecule has 0 aromatic heterocycles. The first-order chi connectivity index (χ1) is 15.6. The van der Waals surface area contributed by atoms with Gasteiger partial charge in [-0.2, -0.15) is 26.3 Å². The minimum absolute atomic E-state index is 0.0328. The van der Waals surface area contributed by atoms with Crippen LogP contribution in [0.3, 0.4) is 0 Å². The third-order valence-electron chi connectivity index (χ3n) is 5.81. The Balaban J connectivity index is 2.22. The van der Waals surface area contributed by atoms with Crippen molar-refractivity contribution in [2.24, 2.45) is 0 Å². The maximum atomic E-state index is 9.99. The van der Waals surface area contributed by atoms with E-state index >= 15 is 0 Å². The molecule has 0 unspecified atom stereocenters. The van der Waals surface area contributed by atoms with E-state index in [2.05, 4.69) is 18.2 Å². The van der Waals surface area contributed by atoms with Crippen LogP contribution >= 0.6 is 0 Å². The summed E-state index contributed by atoms with van der Waals surface area (Å²) in [5, 5.41) is 54.5. The predicted octanol–water partition coefficient (Wildman–Crippen LogP) is 5.66. The van der Waals surface area contributed by atoms with E-state index in [1.807, 2.05) is 48.5 Å². The Bertz CT molecular complexity index is 1880. The van der Waals surface area contributed by atoms with Crippen LogP contribution < -0.4 is 0 Å². The largest absolute Gasteiger partial charge is 0.192 e. The van der Waals surface area contributed by atoms with Gasteiger partial charge in [0.1, 0.15) is 30.3 Å².